The van der Waals surface area contributed by atoms with Gasteiger partial charge in [-0.2, -0.15) is 0 Å². The largest absolute Gasteiger partial charge is 0.314 e. The molecule has 0 bridgehead atoms. The van der Waals surface area contributed by atoms with Crippen LogP contribution in [0.25, 0.3) is 0 Å². The van der Waals surface area contributed by atoms with Gasteiger partial charge in [-0.05, 0) is 24.6 Å². The second-order valence-corrected chi connectivity index (χ2v) is 4.59. The maximum absolute atomic E-state index is 6.27. The Morgan fingerprint density at radius 2 is 2.19 bits per heavy atom. The van der Waals surface area contributed by atoms with Crippen molar-refractivity contribution in [1.29, 1.82) is 0 Å². The van der Waals surface area contributed by atoms with Crippen LogP contribution in [0.5, 0.6) is 0 Å². The molecule has 2 aliphatic rings. The zero-order valence-corrected chi connectivity index (χ0v) is 10.4. The molecule has 1 saturated heterocycles. The Balaban J connectivity index is 2.10. The van der Waals surface area contributed by atoms with Gasteiger partial charge in [0, 0.05) is 43.5 Å². The molecule has 0 spiro atoms. The third kappa shape index (κ3) is 2.73. The van der Waals surface area contributed by atoms with Crippen LogP contribution in [0.4, 0.5) is 0 Å². The molecule has 0 saturated carbocycles. The van der Waals surface area contributed by atoms with E-state index in [9.17, 15) is 0 Å². The summed E-state index contributed by atoms with van der Waals surface area (Å²) in [5.74, 6) is 0. The van der Waals surface area contributed by atoms with Gasteiger partial charge in [0.2, 0.25) is 0 Å². The van der Waals surface area contributed by atoms with Crippen LogP contribution in [0.1, 0.15) is 6.92 Å². The van der Waals surface area contributed by atoms with E-state index < -0.39 is 0 Å². The van der Waals surface area contributed by atoms with Crippen molar-refractivity contribution in [1.82, 2.24) is 10.2 Å². The minimum absolute atomic E-state index is 0.384. The number of nitrogens with zero attached hydrogens (tertiary/aromatic N) is 2. The number of hydrogen-bond donors (Lipinski definition) is 1. The van der Waals surface area contributed by atoms with Crippen LogP contribution in [0.15, 0.2) is 27.7 Å². The summed E-state index contributed by atoms with van der Waals surface area (Å²) in [5.41, 5.74) is 1.23. The first-order valence-electron chi connectivity index (χ1n) is 5.79. The van der Waals surface area contributed by atoms with Gasteiger partial charge in [-0.3, -0.25) is 9.89 Å². The molecule has 1 N–H and O–H groups in total. The molecule has 0 radical (unpaired) electrons. The van der Waals surface area contributed by atoms with E-state index in [1.54, 1.807) is 0 Å². The Morgan fingerprint density at radius 1 is 1.44 bits per heavy atom. The van der Waals surface area contributed by atoms with E-state index in [2.05, 4.69) is 22.1 Å². The van der Waals surface area contributed by atoms with Gasteiger partial charge in [-0.25, -0.2) is 0 Å². The van der Waals surface area contributed by atoms with E-state index in [4.69, 9.17) is 11.6 Å². The van der Waals surface area contributed by atoms with Crippen LogP contribution in [0, 0.1) is 0 Å². The van der Waals surface area contributed by atoms with Crippen LogP contribution >= 0.6 is 11.6 Å². The minimum atomic E-state index is 0.384. The van der Waals surface area contributed by atoms with Crippen LogP contribution in [0.2, 0.25) is 0 Å². The third-order valence-corrected chi connectivity index (χ3v) is 3.57. The number of rotatable bonds is 2. The first kappa shape index (κ1) is 11.8. The smallest absolute Gasteiger partial charge is 0.0632 e. The summed E-state index contributed by atoms with van der Waals surface area (Å²) in [4.78, 5) is 6.78. The van der Waals surface area contributed by atoms with E-state index in [1.165, 1.54) is 5.57 Å². The Kier molecular flexibility index (Phi) is 4.16. The summed E-state index contributed by atoms with van der Waals surface area (Å²) < 4.78 is 0. The predicted octanol–water partition coefficient (Wildman–Crippen LogP) is 1.41. The molecule has 2 heterocycles. The number of aliphatic imine (C=N–C) groups is 1. The van der Waals surface area contributed by atoms with E-state index in [0.29, 0.717) is 6.04 Å². The Morgan fingerprint density at radius 3 is 2.94 bits per heavy atom. The molecule has 0 aliphatic carbocycles. The second-order valence-electron chi connectivity index (χ2n) is 4.18. The van der Waals surface area contributed by atoms with Crippen molar-refractivity contribution in [3.63, 3.8) is 0 Å². The van der Waals surface area contributed by atoms with E-state index in [0.717, 1.165) is 37.8 Å². The highest BCUT2D eigenvalue weighted by Gasteiger charge is 2.21. The lowest BCUT2D eigenvalue weighted by Crippen LogP contribution is -2.48. The molecule has 1 atom stereocenters. The Bertz CT molecular complexity index is 327. The van der Waals surface area contributed by atoms with E-state index in [-0.39, 0.29) is 0 Å². The van der Waals surface area contributed by atoms with Gasteiger partial charge >= 0.3 is 0 Å². The van der Waals surface area contributed by atoms with E-state index >= 15 is 0 Å². The average Bonchev–Trinajstić information content (AvgIpc) is 2.54. The van der Waals surface area contributed by atoms with Gasteiger partial charge in [0.1, 0.15) is 0 Å². The fourth-order valence-corrected chi connectivity index (χ4v) is 2.43. The Labute approximate surface area is 102 Å². The molecule has 0 aromatic carbocycles. The summed E-state index contributed by atoms with van der Waals surface area (Å²) in [6, 6.07) is 0.384. The van der Waals surface area contributed by atoms with Crippen LogP contribution in [-0.4, -0.2) is 49.9 Å². The summed E-state index contributed by atoms with van der Waals surface area (Å²) in [6.07, 6.45) is 5.66. The van der Waals surface area contributed by atoms with Gasteiger partial charge in [0.05, 0.1) is 6.54 Å². The highest BCUT2D eigenvalue weighted by molar-refractivity contribution is 6.31. The van der Waals surface area contributed by atoms with Crippen LogP contribution in [0.3, 0.4) is 0 Å². The monoisotopic (exact) mass is 239 g/mol. The molecule has 3 nitrogen and oxygen atoms in total. The quantitative estimate of drug-likeness (QED) is 0.789. The summed E-state index contributed by atoms with van der Waals surface area (Å²) in [5, 5.41) is 4.21. The number of nitrogens with one attached hydrogen (secondary N) is 1. The van der Waals surface area contributed by atoms with Gasteiger partial charge in [0.15, 0.2) is 0 Å². The standard InChI is InChI=1S/C12H18ClN3/c1-10(16-7-5-14-6-8-16)11-9-15-4-2-3-12(11)13/h2-4,10,14H,5-9H2,1H3/t10-/m1/s1. The molecule has 88 valence electrons. The first-order valence-corrected chi connectivity index (χ1v) is 6.16. The minimum Gasteiger partial charge on any atom is -0.314 e. The molecule has 0 aromatic rings. The summed E-state index contributed by atoms with van der Waals surface area (Å²) >= 11 is 6.27. The van der Waals surface area contributed by atoms with Crippen molar-refractivity contribution in [2.24, 2.45) is 4.99 Å². The summed E-state index contributed by atoms with van der Waals surface area (Å²) in [7, 11) is 0. The highest BCUT2D eigenvalue weighted by Crippen LogP contribution is 2.21. The van der Waals surface area contributed by atoms with E-state index in [1.807, 2.05) is 18.4 Å². The lowest BCUT2D eigenvalue weighted by Gasteiger charge is -2.34. The molecular formula is C12H18ClN3. The third-order valence-electron chi connectivity index (χ3n) is 3.21. The average molecular weight is 240 g/mol. The normalized spacial score (nSPS) is 24.6. The molecule has 2 aliphatic heterocycles. The maximum atomic E-state index is 6.27. The second kappa shape index (κ2) is 5.62. The topological polar surface area (TPSA) is 27.6 Å². The first-order chi connectivity index (χ1) is 7.79. The molecule has 4 heteroatoms. The fourth-order valence-electron chi connectivity index (χ4n) is 2.14. The van der Waals surface area contributed by atoms with Gasteiger partial charge in [0.25, 0.3) is 0 Å². The van der Waals surface area contributed by atoms with Gasteiger partial charge in [-0.15, -0.1) is 0 Å². The maximum Gasteiger partial charge on any atom is 0.0632 e. The lowest BCUT2D eigenvalue weighted by molar-refractivity contribution is 0.204. The number of hydrogen-bond acceptors (Lipinski definition) is 3. The summed E-state index contributed by atoms with van der Waals surface area (Å²) in [6.45, 7) is 7.24. The molecule has 0 unspecified atom stereocenters. The highest BCUT2D eigenvalue weighted by atomic mass is 35.5. The molecule has 16 heavy (non-hydrogen) atoms. The lowest BCUT2D eigenvalue weighted by atomic mass is 10.1. The predicted molar refractivity (Wildman–Crippen MR) is 69.3 cm³/mol. The van der Waals surface area contributed by atoms with Crippen molar-refractivity contribution in [2.45, 2.75) is 13.0 Å². The molecule has 0 amide bonds. The van der Waals surface area contributed by atoms with Crippen molar-refractivity contribution in [3.05, 3.63) is 22.8 Å². The van der Waals surface area contributed by atoms with Crippen molar-refractivity contribution >= 4 is 17.8 Å². The van der Waals surface area contributed by atoms with Gasteiger partial charge in [-0.1, -0.05) is 11.6 Å². The van der Waals surface area contributed by atoms with Crippen molar-refractivity contribution < 1.29 is 0 Å². The Hall–Kier alpha value is -0.640. The number of piperazine rings is 1. The molecule has 0 aromatic heterocycles. The number of halogens is 1. The SMILES string of the molecule is C[C@H](C1=C(Cl)C=CC=NC1)N1CCNCC1. The molecular weight excluding hydrogens is 222 g/mol. The zero-order chi connectivity index (χ0) is 11.4. The van der Waals surface area contributed by atoms with Crippen LogP contribution in [-0.2, 0) is 0 Å². The molecule has 1 fully saturated rings. The van der Waals surface area contributed by atoms with Crippen molar-refractivity contribution in [2.75, 3.05) is 32.7 Å². The number of allylic oxidation sites excluding steroid dienone is 3. The van der Waals surface area contributed by atoms with Crippen molar-refractivity contribution in [3.8, 4) is 0 Å². The van der Waals surface area contributed by atoms with Gasteiger partial charge < -0.3 is 5.32 Å². The zero-order valence-electron chi connectivity index (χ0n) is 9.62. The van der Waals surface area contributed by atoms with Crippen LogP contribution < -0.4 is 5.32 Å². The molecule has 2 rings (SSSR count). The fraction of sp³-hybridized carbons (Fsp3) is 0.583.